The number of hydrogen-bond acceptors (Lipinski definition) is 4. The van der Waals surface area contributed by atoms with Gasteiger partial charge in [0.2, 0.25) is 0 Å². The Kier molecular flexibility index (Phi) is 2.59. The third-order valence-electron chi connectivity index (χ3n) is 1.77. The molecule has 0 saturated carbocycles. The molecule has 1 aliphatic rings. The standard InChI is InChI=1S/C7H12O4/c1-4-7(9)5(8)3-6(10-2)11-4/h4,6-7,9H,3H2,1-2H3/t4-,6?,7-/m0/s1. The number of hydrogen-bond donors (Lipinski definition) is 1. The summed E-state index contributed by atoms with van der Waals surface area (Å²) < 4.78 is 9.95. The summed E-state index contributed by atoms with van der Waals surface area (Å²) in [5.74, 6) is -0.212. The largest absolute Gasteiger partial charge is 0.383 e. The Balaban J connectivity index is 2.54. The van der Waals surface area contributed by atoms with Crippen molar-refractivity contribution in [3.05, 3.63) is 0 Å². The lowest BCUT2D eigenvalue weighted by Crippen LogP contribution is -2.44. The number of aliphatic hydroxyl groups is 1. The van der Waals surface area contributed by atoms with Crippen LogP contribution in [0.1, 0.15) is 13.3 Å². The van der Waals surface area contributed by atoms with E-state index in [2.05, 4.69) is 0 Å². The van der Waals surface area contributed by atoms with Crippen LogP contribution < -0.4 is 0 Å². The van der Waals surface area contributed by atoms with Crippen LogP contribution in [0.3, 0.4) is 0 Å². The van der Waals surface area contributed by atoms with Gasteiger partial charge in [-0.2, -0.15) is 0 Å². The Morgan fingerprint density at radius 3 is 2.82 bits per heavy atom. The predicted molar refractivity (Wildman–Crippen MR) is 37.0 cm³/mol. The highest BCUT2D eigenvalue weighted by molar-refractivity contribution is 5.84. The summed E-state index contributed by atoms with van der Waals surface area (Å²) >= 11 is 0. The van der Waals surface area contributed by atoms with Crippen LogP contribution in [0.5, 0.6) is 0 Å². The zero-order valence-corrected chi connectivity index (χ0v) is 6.61. The molecule has 1 heterocycles. The van der Waals surface area contributed by atoms with E-state index in [4.69, 9.17) is 14.6 Å². The normalized spacial score (nSPS) is 39.2. The van der Waals surface area contributed by atoms with Crippen molar-refractivity contribution in [3.8, 4) is 0 Å². The molecule has 0 aromatic rings. The van der Waals surface area contributed by atoms with Crippen molar-refractivity contribution < 1.29 is 19.4 Å². The lowest BCUT2D eigenvalue weighted by atomic mass is 10.0. The van der Waals surface area contributed by atoms with Crippen molar-refractivity contribution in [1.29, 1.82) is 0 Å². The molecular weight excluding hydrogens is 148 g/mol. The van der Waals surface area contributed by atoms with Crippen LogP contribution in [-0.4, -0.2) is 36.5 Å². The van der Waals surface area contributed by atoms with Crippen LogP contribution in [0.15, 0.2) is 0 Å². The fraction of sp³-hybridized carbons (Fsp3) is 0.857. The van der Waals surface area contributed by atoms with E-state index in [-0.39, 0.29) is 12.2 Å². The van der Waals surface area contributed by atoms with Crippen molar-refractivity contribution in [3.63, 3.8) is 0 Å². The number of carbonyl (C=O) groups is 1. The minimum Gasteiger partial charge on any atom is -0.383 e. The summed E-state index contributed by atoms with van der Waals surface area (Å²) in [6, 6.07) is 0. The van der Waals surface area contributed by atoms with Crippen molar-refractivity contribution in [2.24, 2.45) is 0 Å². The topological polar surface area (TPSA) is 55.8 Å². The number of methoxy groups -OCH3 is 1. The van der Waals surface area contributed by atoms with Gasteiger partial charge in [-0.15, -0.1) is 0 Å². The molecule has 1 saturated heterocycles. The minimum atomic E-state index is -0.985. The molecule has 0 aromatic carbocycles. The molecule has 11 heavy (non-hydrogen) atoms. The lowest BCUT2D eigenvalue weighted by Gasteiger charge is -2.29. The Morgan fingerprint density at radius 2 is 2.36 bits per heavy atom. The Morgan fingerprint density at radius 1 is 1.73 bits per heavy atom. The number of carbonyl (C=O) groups excluding carboxylic acids is 1. The van der Waals surface area contributed by atoms with E-state index in [0.717, 1.165) is 0 Å². The summed E-state index contributed by atoms with van der Waals surface area (Å²) in [5.41, 5.74) is 0. The van der Waals surface area contributed by atoms with E-state index in [1.807, 2.05) is 0 Å². The smallest absolute Gasteiger partial charge is 0.168 e. The molecule has 1 rings (SSSR count). The molecule has 0 spiro atoms. The quantitative estimate of drug-likeness (QED) is 0.572. The van der Waals surface area contributed by atoms with E-state index in [0.29, 0.717) is 0 Å². The van der Waals surface area contributed by atoms with Gasteiger partial charge in [-0.05, 0) is 6.92 Å². The monoisotopic (exact) mass is 160 g/mol. The Labute approximate surface area is 65.1 Å². The van der Waals surface area contributed by atoms with Crippen LogP contribution >= 0.6 is 0 Å². The van der Waals surface area contributed by atoms with E-state index < -0.39 is 18.5 Å². The first-order valence-corrected chi connectivity index (χ1v) is 3.54. The number of ketones is 1. The molecule has 0 aliphatic carbocycles. The third-order valence-corrected chi connectivity index (χ3v) is 1.77. The number of Topliss-reactive ketones (excluding diaryl/α,β-unsaturated/α-hetero) is 1. The van der Waals surface area contributed by atoms with Crippen LogP contribution in [0.2, 0.25) is 0 Å². The summed E-state index contributed by atoms with van der Waals surface area (Å²) in [7, 11) is 1.47. The second-order valence-electron chi connectivity index (χ2n) is 2.62. The molecule has 3 atom stereocenters. The maximum Gasteiger partial charge on any atom is 0.168 e. The first-order valence-electron chi connectivity index (χ1n) is 3.54. The zero-order valence-electron chi connectivity index (χ0n) is 6.61. The molecule has 4 nitrogen and oxygen atoms in total. The fourth-order valence-electron chi connectivity index (χ4n) is 1.05. The summed E-state index contributed by atoms with van der Waals surface area (Å²) in [4.78, 5) is 11.0. The molecule has 0 radical (unpaired) electrons. The van der Waals surface area contributed by atoms with E-state index in [9.17, 15) is 4.79 Å². The maximum atomic E-state index is 11.0. The second-order valence-corrected chi connectivity index (χ2v) is 2.62. The third kappa shape index (κ3) is 1.77. The lowest BCUT2D eigenvalue weighted by molar-refractivity contribution is -0.204. The average molecular weight is 160 g/mol. The molecule has 1 aliphatic heterocycles. The van der Waals surface area contributed by atoms with Gasteiger partial charge < -0.3 is 14.6 Å². The van der Waals surface area contributed by atoms with Crippen molar-refractivity contribution >= 4 is 5.78 Å². The summed E-state index contributed by atoms with van der Waals surface area (Å²) in [5, 5.41) is 9.13. The van der Waals surface area contributed by atoms with Gasteiger partial charge in [0, 0.05) is 7.11 Å². The molecular formula is C7H12O4. The van der Waals surface area contributed by atoms with Crippen LogP contribution in [0.25, 0.3) is 0 Å². The van der Waals surface area contributed by atoms with Gasteiger partial charge >= 0.3 is 0 Å². The second kappa shape index (κ2) is 3.30. The van der Waals surface area contributed by atoms with Gasteiger partial charge in [0.25, 0.3) is 0 Å². The molecule has 0 bridgehead atoms. The van der Waals surface area contributed by atoms with Crippen LogP contribution in [-0.2, 0) is 14.3 Å². The fourth-order valence-corrected chi connectivity index (χ4v) is 1.05. The Hall–Kier alpha value is -0.450. The first-order chi connectivity index (χ1) is 5.15. The van der Waals surface area contributed by atoms with E-state index in [1.54, 1.807) is 6.92 Å². The van der Waals surface area contributed by atoms with E-state index in [1.165, 1.54) is 7.11 Å². The van der Waals surface area contributed by atoms with Crippen molar-refractivity contribution in [2.45, 2.75) is 31.8 Å². The van der Waals surface area contributed by atoms with Crippen molar-refractivity contribution in [1.82, 2.24) is 0 Å². The van der Waals surface area contributed by atoms with Gasteiger partial charge in [0.05, 0.1) is 12.5 Å². The van der Waals surface area contributed by atoms with Crippen LogP contribution in [0.4, 0.5) is 0 Å². The maximum absolute atomic E-state index is 11.0. The molecule has 0 aromatic heterocycles. The zero-order chi connectivity index (χ0) is 8.43. The predicted octanol–water partition coefficient (Wildman–Crippen LogP) is -0.302. The minimum absolute atomic E-state index is 0.141. The molecule has 0 amide bonds. The van der Waals surface area contributed by atoms with E-state index >= 15 is 0 Å². The highest BCUT2D eigenvalue weighted by Gasteiger charge is 2.33. The highest BCUT2D eigenvalue weighted by atomic mass is 16.7. The molecule has 1 unspecified atom stereocenters. The van der Waals surface area contributed by atoms with Crippen molar-refractivity contribution in [2.75, 3.05) is 7.11 Å². The number of rotatable bonds is 1. The SMILES string of the molecule is COC1CC(=O)[C@@H](O)[C@H](C)O1. The average Bonchev–Trinajstić information content (AvgIpc) is 1.99. The Bertz CT molecular complexity index is 157. The number of aliphatic hydroxyl groups excluding tert-OH is 1. The molecule has 64 valence electrons. The van der Waals surface area contributed by atoms with Gasteiger partial charge in [-0.3, -0.25) is 4.79 Å². The summed E-state index contributed by atoms with van der Waals surface area (Å²) in [6.07, 6.45) is -1.79. The molecule has 4 heteroatoms. The van der Waals surface area contributed by atoms with Gasteiger partial charge in [-0.25, -0.2) is 0 Å². The summed E-state index contributed by atoms with van der Waals surface area (Å²) in [6.45, 7) is 1.65. The molecule has 1 N–H and O–H groups in total. The van der Waals surface area contributed by atoms with Crippen LogP contribution in [0, 0.1) is 0 Å². The first kappa shape index (κ1) is 8.64. The highest BCUT2D eigenvalue weighted by Crippen LogP contribution is 2.16. The molecule has 1 fully saturated rings. The van der Waals surface area contributed by atoms with Gasteiger partial charge in [0.15, 0.2) is 12.1 Å². The number of ether oxygens (including phenoxy) is 2. The van der Waals surface area contributed by atoms with Gasteiger partial charge in [-0.1, -0.05) is 0 Å². The van der Waals surface area contributed by atoms with Gasteiger partial charge in [0.1, 0.15) is 6.10 Å².